The van der Waals surface area contributed by atoms with E-state index in [1.165, 1.54) is 134 Å². The fourth-order valence-corrected chi connectivity index (χ4v) is 8.89. The van der Waals surface area contributed by atoms with Gasteiger partial charge in [0.1, 0.15) is 0 Å². The van der Waals surface area contributed by atoms with Crippen LogP contribution in [0.5, 0.6) is 0 Å². The molecule has 2 nitrogen and oxygen atoms in total. The largest absolute Gasteiger partial charge is 0.519 e. The van der Waals surface area contributed by atoms with Crippen LogP contribution in [0.2, 0.25) is 18.1 Å². The molecule has 180 valence electrons. The van der Waals surface area contributed by atoms with Crippen molar-refractivity contribution < 1.29 is 9.22 Å². The van der Waals surface area contributed by atoms with Crippen molar-refractivity contribution in [1.82, 2.24) is 0 Å². The molecule has 0 aliphatic rings. The Morgan fingerprint density at radius 1 is 0.500 bits per heavy atom. The Morgan fingerprint density at radius 2 is 0.800 bits per heavy atom. The summed E-state index contributed by atoms with van der Waals surface area (Å²) in [7, 11) is -1.93. The first-order valence-corrected chi connectivity index (χ1v) is 16.4. The predicted octanol–water partition coefficient (Wildman–Crippen LogP) is 9.97. The van der Waals surface area contributed by atoms with Crippen molar-refractivity contribution in [3.05, 3.63) is 0 Å². The van der Waals surface area contributed by atoms with Gasteiger partial charge in [0.05, 0.1) is 0 Å². The van der Waals surface area contributed by atoms with Gasteiger partial charge in [-0.1, -0.05) is 143 Å². The minimum atomic E-state index is -1.93. The van der Waals surface area contributed by atoms with Crippen molar-refractivity contribution in [2.75, 3.05) is 0 Å². The van der Waals surface area contributed by atoms with Crippen molar-refractivity contribution in [2.45, 2.75) is 168 Å². The second-order valence-electron chi connectivity index (χ2n) is 9.56. The normalized spacial score (nSPS) is 11.7. The maximum Gasteiger partial charge on any atom is 0.292 e. The molecule has 0 bridgehead atoms. The van der Waals surface area contributed by atoms with E-state index >= 15 is 0 Å². The summed E-state index contributed by atoms with van der Waals surface area (Å²) in [6, 6.07) is 3.65. The Kier molecular flexibility index (Phi) is 21.7. The highest BCUT2D eigenvalue weighted by molar-refractivity contribution is 6.75. The van der Waals surface area contributed by atoms with Gasteiger partial charge in [-0.15, -0.1) is 0 Å². The number of unbranched alkanes of at least 4 members (excludes halogenated alkanes) is 15. The highest BCUT2D eigenvalue weighted by Crippen LogP contribution is 2.31. The topological polar surface area (TPSA) is 26.3 Å². The molecule has 0 atom stereocenters. The quantitative estimate of drug-likeness (QED) is 0.117. The van der Waals surface area contributed by atoms with Crippen LogP contribution >= 0.6 is 0 Å². The number of hydrogen-bond donors (Lipinski definition) is 0. The SMILES string of the molecule is CCCCCCCC[Si](CCCCCCCC)(CCCCCCCC)OC(=O)CC. The first-order chi connectivity index (χ1) is 14.6. The summed E-state index contributed by atoms with van der Waals surface area (Å²) in [4.78, 5) is 12.4. The fraction of sp³-hybridized carbons (Fsp3) is 0.963. The molecule has 0 N–H and O–H groups in total. The van der Waals surface area contributed by atoms with Gasteiger partial charge in [0.25, 0.3) is 14.3 Å². The lowest BCUT2D eigenvalue weighted by Crippen LogP contribution is -2.40. The zero-order valence-electron chi connectivity index (χ0n) is 21.4. The molecule has 0 saturated carbocycles. The zero-order chi connectivity index (χ0) is 22.3. The number of carbonyl (C=O) groups is 1. The highest BCUT2D eigenvalue weighted by atomic mass is 28.4. The van der Waals surface area contributed by atoms with Gasteiger partial charge in [0, 0.05) is 6.42 Å². The summed E-state index contributed by atoms with van der Waals surface area (Å²) < 4.78 is 6.37. The molecule has 0 aromatic carbocycles. The molecule has 0 saturated heterocycles. The fourth-order valence-electron chi connectivity index (χ4n) is 4.52. The number of carbonyl (C=O) groups excluding carboxylic acids is 1. The van der Waals surface area contributed by atoms with Crippen molar-refractivity contribution in [2.24, 2.45) is 0 Å². The maximum absolute atomic E-state index is 12.4. The van der Waals surface area contributed by atoms with Gasteiger partial charge in [0.2, 0.25) is 0 Å². The second kappa shape index (κ2) is 21.9. The lowest BCUT2D eigenvalue weighted by atomic mass is 10.1. The van der Waals surface area contributed by atoms with E-state index in [2.05, 4.69) is 20.8 Å². The van der Waals surface area contributed by atoms with Crippen molar-refractivity contribution in [3.63, 3.8) is 0 Å². The van der Waals surface area contributed by atoms with E-state index in [1.54, 1.807) is 0 Å². The molecule has 0 heterocycles. The third kappa shape index (κ3) is 17.4. The second-order valence-corrected chi connectivity index (χ2v) is 13.6. The Hall–Kier alpha value is -0.313. The lowest BCUT2D eigenvalue weighted by Gasteiger charge is -2.31. The third-order valence-corrected chi connectivity index (χ3v) is 11.0. The van der Waals surface area contributed by atoms with Crippen LogP contribution in [0.15, 0.2) is 0 Å². The van der Waals surface area contributed by atoms with E-state index in [0.29, 0.717) is 6.42 Å². The minimum absolute atomic E-state index is 0.0737. The van der Waals surface area contributed by atoms with Crippen LogP contribution in [0, 0.1) is 0 Å². The first-order valence-electron chi connectivity index (χ1n) is 13.9. The van der Waals surface area contributed by atoms with Gasteiger partial charge in [-0.2, -0.15) is 0 Å². The van der Waals surface area contributed by atoms with E-state index in [0.717, 1.165) is 0 Å². The van der Waals surface area contributed by atoms with E-state index in [9.17, 15) is 4.79 Å². The maximum atomic E-state index is 12.4. The van der Waals surface area contributed by atoms with Crippen LogP contribution in [0.25, 0.3) is 0 Å². The molecule has 0 unspecified atom stereocenters. The van der Waals surface area contributed by atoms with E-state index in [4.69, 9.17) is 4.43 Å². The molecule has 0 aliphatic heterocycles. The molecule has 0 aromatic rings. The predicted molar refractivity (Wildman–Crippen MR) is 137 cm³/mol. The monoisotopic (exact) mass is 440 g/mol. The zero-order valence-corrected chi connectivity index (χ0v) is 22.4. The molecule has 0 amide bonds. The molecule has 0 radical (unpaired) electrons. The van der Waals surface area contributed by atoms with Crippen molar-refractivity contribution in [1.29, 1.82) is 0 Å². The number of rotatable bonds is 23. The summed E-state index contributed by atoms with van der Waals surface area (Å²) in [5, 5.41) is 0. The van der Waals surface area contributed by atoms with Crippen molar-refractivity contribution in [3.8, 4) is 0 Å². The Labute approximate surface area is 191 Å². The molecule has 0 fully saturated rings. The molecule has 3 heteroatoms. The standard InChI is InChI=1S/C27H56O2Si/c1-5-9-12-15-18-21-24-30(29-27(28)8-4,25-22-19-16-13-10-6-2)26-23-20-17-14-11-7-3/h5-26H2,1-4H3. The summed E-state index contributed by atoms with van der Waals surface area (Å²) in [5.74, 6) is 0.0737. The molecule has 0 rings (SSSR count). The average Bonchev–Trinajstić information content (AvgIpc) is 2.75. The van der Waals surface area contributed by atoms with Gasteiger partial charge in [-0.3, -0.25) is 4.79 Å². The van der Waals surface area contributed by atoms with Crippen molar-refractivity contribution >= 4 is 14.3 Å². The minimum Gasteiger partial charge on any atom is -0.519 e. The Morgan fingerprint density at radius 3 is 1.10 bits per heavy atom. The molecular weight excluding hydrogens is 384 g/mol. The van der Waals surface area contributed by atoms with E-state index < -0.39 is 8.32 Å². The number of hydrogen-bond acceptors (Lipinski definition) is 2. The molecule has 30 heavy (non-hydrogen) atoms. The van der Waals surface area contributed by atoms with Crippen LogP contribution < -0.4 is 0 Å². The summed E-state index contributed by atoms with van der Waals surface area (Å²) in [6.07, 6.45) is 24.5. The van der Waals surface area contributed by atoms with Crippen LogP contribution in [0.4, 0.5) is 0 Å². The van der Waals surface area contributed by atoms with Gasteiger partial charge >= 0.3 is 0 Å². The first kappa shape index (κ1) is 29.7. The Bertz CT molecular complexity index is 329. The van der Waals surface area contributed by atoms with Crippen LogP contribution in [0.1, 0.15) is 150 Å². The Balaban J connectivity index is 4.72. The molecule has 0 aliphatic carbocycles. The molecule has 0 aromatic heterocycles. The van der Waals surface area contributed by atoms with Gasteiger partial charge in [-0.05, 0) is 18.1 Å². The molecule has 0 spiro atoms. The third-order valence-electron chi connectivity index (χ3n) is 6.58. The van der Waals surface area contributed by atoms with Crippen LogP contribution in [-0.2, 0) is 9.22 Å². The van der Waals surface area contributed by atoms with E-state index in [1.807, 2.05) is 6.92 Å². The van der Waals surface area contributed by atoms with E-state index in [-0.39, 0.29) is 5.97 Å². The highest BCUT2D eigenvalue weighted by Gasteiger charge is 2.36. The summed E-state index contributed by atoms with van der Waals surface area (Å²) in [6.45, 7) is 8.80. The average molecular weight is 441 g/mol. The molecular formula is C27H56O2Si. The smallest absolute Gasteiger partial charge is 0.292 e. The van der Waals surface area contributed by atoms with Gasteiger partial charge in [-0.25, -0.2) is 0 Å². The van der Waals surface area contributed by atoms with Gasteiger partial charge < -0.3 is 4.43 Å². The summed E-state index contributed by atoms with van der Waals surface area (Å²) >= 11 is 0. The van der Waals surface area contributed by atoms with Gasteiger partial charge in [0.15, 0.2) is 0 Å². The van der Waals surface area contributed by atoms with Crippen LogP contribution in [-0.4, -0.2) is 14.3 Å². The summed E-state index contributed by atoms with van der Waals surface area (Å²) in [5.41, 5.74) is 0. The van der Waals surface area contributed by atoms with Crippen LogP contribution in [0.3, 0.4) is 0 Å². The lowest BCUT2D eigenvalue weighted by molar-refractivity contribution is -0.135.